The smallest absolute Gasteiger partial charge is 0.133 e. The molecule has 2 aromatic heterocycles. The molecule has 3 nitrogen and oxygen atoms in total. The van der Waals surface area contributed by atoms with E-state index < -0.39 is 6.10 Å². The van der Waals surface area contributed by atoms with E-state index in [9.17, 15) is 5.11 Å². The van der Waals surface area contributed by atoms with Crippen LogP contribution in [0.1, 0.15) is 16.7 Å². The third-order valence-electron chi connectivity index (χ3n) is 2.34. The molecule has 0 aliphatic rings. The van der Waals surface area contributed by atoms with Crippen molar-refractivity contribution in [1.82, 2.24) is 5.32 Å². The highest BCUT2D eigenvalue weighted by Gasteiger charge is 2.08. The Morgan fingerprint density at radius 1 is 1.38 bits per heavy atom. The van der Waals surface area contributed by atoms with Crippen molar-refractivity contribution < 1.29 is 9.52 Å². The van der Waals surface area contributed by atoms with Crippen molar-refractivity contribution in [2.75, 3.05) is 13.1 Å². The number of aliphatic hydroxyl groups is 1. The number of nitrogens with one attached hydrogen (secondary N) is 1. The maximum Gasteiger partial charge on any atom is 0.133 e. The average Bonchev–Trinajstić information content (AvgIpc) is 2.96. The summed E-state index contributed by atoms with van der Waals surface area (Å²) in [6.07, 6.45) is 2.02. The minimum absolute atomic E-state index is 0.527. The van der Waals surface area contributed by atoms with Gasteiger partial charge in [0.25, 0.3) is 0 Å². The van der Waals surface area contributed by atoms with E-state index in [1.54, 1.807) is 29.7 Å². The van der Waals surface area contributed by atoms with Gasteiger partial charge in [-0.1, -0.05) is 6.07 Å². The van der Waals surface area contributed by atoms with E-state index in [1.807, 2.05) is 0 Å². The lowest BCUT2D eigenvalue weighted by molar-refractivity contribution is 0.148. The first kappa shape index (κ1) is 11.4. The Morgan fingerprint density at radius 2 is 2.31 bits per heavy atom. The molecule has 2 N–H and O–H groups in total. The predicted octanol–water partition coefficient (Wildman–Crippen LogP) is 2.21. The van der Waals surface area contributed by atoms with Gasteiger partial charge in [-0.25, -0.2) is 0 Å². The fraction of sp³-hybridized carbons (Fsp3) is 0.333. The first-order valence-electron chi connectivity index (χ1n) is 5.31. The summed E-state index contributed by atoms with van der Waals surface area (Å²) in [5.74, 6) is 0.614. The fourth-order valence-electron chi connectivity index (χ4n) is 1.49. The van der Waals surface area contributed by atoms with Crippen LogP contribution < -0.4 is 5.32 Å². The van der Waals surface area contributed by atoms with E-state index in [-0.39, 0.29) is 0 Å². The van der Waals surface area contributed by atoms with Gasteiger partial charge in [-0.05, 0) is 30.0 Å². The second-order valence-corrected chi connectivity index (χ2v) is 4.60. The van der Waals surface area contributed by atoms with Gasteiger partial charge < -0.3 is 14.8 Å². The van der Waals surface area contributed by atoms with E-state index in [0.717, 1.165) is 13.0 Å². The molecule has 0 amide bonds. The zero-order chi connectivity index (χ0) is 11.2. The SMILES string of the molecule is OC(CNCCc1cccs1)c1ccco1. The number of rotatable bonds is 6. The summed E-state index contributed by atoms with van der Waals surface area (Å²) in [5.41, 5.74) is 0. The van der Waals surface area contributed by atoms with Gasteiger partial charge in [0.05, 0.1) is 6.26 Å². The van der Waals surface area contributed by atoms with Gasteiger partial charge in [-0.2, -0.15) is 0 Å². The maximum absolute atomic E-state index is 9.71. The minimum Gasteiger partial charge on any atom is -0.467 e. The van der Waals surface area contributed by atoms with Gasteiger partial charge in [0, 0.05) is 18.0 Å². The van der Waals surface area contributed by atoms with Gasteiger partial charge >= 0.3 is 0 Å². The molecular weight excluding hydrogens is 222 g/mol. The molecule has 0 radical (unpaired) electrons. The van der Waals surface area contributed by atoms with Crippen LogP contribution in [-0.4, -0.2) is 18.2 Å². The van der Waals surface area contributed by atoms with Crippen LogP contribution in [0.3, 0.4) is 0 Å². The maximum atomic E-state index is 9.71. The molecule has 0 saturated carbocycles. The molecule has 4 heteroatoms. The monoisotopic (exact) mass is 237 g/mol. The van der Waals surface area contributed by atoms with Crippen molar-refractivity contribution >= 4 is 11.3 Å². The lowest BCUT2D eigenvalue weighted by Crippen LogP contribution is -2.23. The van der Waals surface area contributed by atoms with E-state index in [0.29, 0.717) is 12.3 Å². The molecule has 0 bridgehead atoms. The van der Waals surface area contributed by atoms with Crippen molar-refractivity contribution in [1.29, 1.82) is 0 Å². The molecule has 2 aromatic rings. The third-order valence-corrected chi connectivity index (χ3v) is 3.27. The summed E-state index contributed by atoms with van der Waals surface area (Å²) in [5, 5.41) is 15.0. The van der Waals surface area contributed by atoms with Gasteiger partial charge in [0.1, 0.15) is 11.9 Å². The summed E-state index contributed by atoms with van der Waals surface area (Å²) in [6, 6.07) is 7.74. The van der Waals surface area contributed by atoms with Crippen LogP contribution in [0.5, 0.6) is 0 Å². The van der Waals surface area contributed by atoms with E-state index >= 15 is 0 Å². The normalized spacial score (nSPS) is 12.8. The molecule has 0 aliphatic carbocycles. The highest BCUT2D eigenvalue weighted by molar-refractivity contribution is 7.09. The second-order valence-electron chi connectivity index (χ2n) is 3.56. The quantitative estimate of drug-likeness (QED) is 0.757. The van der Waals surface area contributed by atoms with Crippen LogP contribution in [0.2, 0.25) is 0 Å². The molecule has 2 rings (SSSR count). The Morgan fingerprint density at radius 3 is 3.00 bits per heavy atom. The molecule has 0 aromatic carbocycles. The number of furan rings is 1. The highest BCUT2D eigenvalue weighted by Crippen LogP contribution is 2.12. The Kier molecular flexibility index (Phi) is 4.16. The van der Waals surface area contributed by atoms with Crippen LogP contribution in [0.15, 0.2) is 40.3 Å². The molecular formula is C12H15NO2S. The molecule has 0 spiro atoms. The summed E-state index contributed by atoms with van der Waals surface area (Å²) in [4.78, 5) is 1.36. The zero-order valence-corrected chi connectivity index (χ0v) is 9.74. The predicted molar refractivity (Wildman–Crippen MR) is 64.6 cm³/mol. The largest absolute Gasteiger partial charge is 0.467 e. The summed E-state index contributed by atoms with van der Waals surface area (Å²) < 4.78 is 5.11. The zero-order valence-electron chi connectivity index (χ0n) is 8.93. The fourth-order valence-corrected chi connectivity index (χ4v) is 2.20. The van der Waals surface area contributed by atoms with Crippen LogP contribution in [0.25, 0.3) is 0 Å². The van der Waals surface area contributed by atoms with E-state index in [1.165, 1.54) is 4.88 Å². The van der Waals surface area contributed by atoms with Crippen molar-refractivity contribution in [3.05, 3.63) is 46.5 Å². The molecule has 16 heavy (non-hydrogen) atoms. The van der Waals surface area contributed by atoms with Gasteiger partial charge in [-0.3, -0.25) is 0 Å². The number of hydrogen-bond donors (Lipinski definition) is 2. The van der Waals surface area contributed by atoms with E-state index in [2.05, 4.69) is 22.8 Å². The van der Waals surface area contributed by atoms with Crippen molar-refractivity contribution in [2.24, 2.45) is 0 Å². The first-order chi connectivity index (χ1) is 7.86. The number of aliphatic hydroxyl groups excluding tert-OH is 1. The Labute approximate surface area is 98.7 Å². The molecule has 1 atom stereocenters. The number of thiophene rings is 1. The summed E-state index contributed by atoms with van der Waals surface area (Å²) >= 11 is 1.76. The molecule has 86 valence electrons. The Balaban J connectivity index is 1.65. The van der Waals surface area contributed by atoms with Crippen molar-refractivity contribution in [2.45, 2.75) is 12.5 Å². The first-order valence-corrected chi connectivity index (χ1v) is 6.19. The van der Waals surface area contributed by atoms with Crippen molar-refractivity contribution in [3.8, 4) is 0 Å². The Hall–Kier alpha value is -1.10. The molecule has 2 heterocycles. The lowest BCUT2D eigenvalue weighted by Gasteiger charge is -2.08. The van der Waals surface area contributed by atoms with Crippen molar-refractivity contribution in [3.63, 3.8) is 0 Å². The third kappa shape index (κ3) is 3.20. The van der Waals surface area contributed by atoms with Crippen LogP contribution in [-0.2, 0) is 6.42 Å². The van der Waals surface area contributed by atoms with Gasteiger partial charge in [0.2, 0.25) is 0 Å². The molecule has 0 aliphatic heterocycles. The van der Waals surface area contributed by atoms with Crippen LogP contribution in [0.4, 0.5) is 0 Å². The minimum atomic E-state index is -0.557. The summed E-state index contributed by atoms with van der Waals surface area (Å²) in [7, 11) is 0. The van der Waals surface area contributed by atoms with Crippen LogP contribution >= 0.6 is 11.3 Å². The summed E-state index contributed by atoms with van der Waals surface area (Å²) in [6.45, 7) is 1.40. The number of hydrogen-bond acceptors (Lipinski definition) is 4. The second kappa shape index (κ2) is 5.84. The van der Waals surface area contributed by atoms with E-state index in [4.69, 9.17) is 4.42 Å². The van der Waals surface area contributed by atoms with Gasteiger partial charge in [0.15, 0.2) is 0 Å². The molecule has 1 unspecified atom stereocenters. The standard InChI is InChI=1S/C12H15NO2S/c14-11(12-4-1-7-15-12)9-13-6-5-10-3-2-8-16-10/h1-4,7-8,11,13-14H,5-6,9H2. The Bertz CT molecular complexity index is 383. The topological polar surface area (TPSA) is 45.4 Å². The lowest BCUT2D eigenvalue weighted by atomic mass is 10.2. The van der Waals surface area contributed by atoms with Crippen LogP contribution in [0, 0.1) is 0 Å². The van der Waals surface area contributed by atoms with Gasteiger partial charge in [-0.15, -0.1) is 11.3 Å². The molecule has 0 fully saturated rings. The average molecular weight is 237 g/mol. The molecule has 0 saturated heterocycles. The highest BCUT2D eigenvalue weighted by atomic mass is 32.1.